The van der Waals surface area contributed by atoms with Gasteiger partial charge in [0.05, 0.1) is 36.8 Å². The van der Waals surface area contributed by atoms with Crippen LogP contribution in [0.15, 0.2) is 89.8 Å². The number of sulfonamides is 1. The molecule has 2 heterocycles. The molecule has 2 N–H and O–H groups in total. The van der Waals surface area contributed by atoms with E-state index in [2.05, 4.69) is 5.32 Å². The van der Waals surface area contributed by atoms with E-state index in [9.17, 15) is 23.1 Å². The largest absolute Gasteiger partial charge is 0.497 e. The molecule has 5 rings (SSSR count). The van der Waals surface area contributed by atoms with Crippen molar-refractivity contribution < 1.29 is 37.3 Å². The lowest BCUT2D eigenvalue weighted by Crippen LogP contribution is -2.53. The highest BCUT2D eigenvalue weighted by Gasteiger charge is 2.39. The van der Waals surface area contributed by atoms with Crippen LogP contribution in [0.3, 0.4) is 0 Å². The summed E-state index contributed by atoms with van der Waals surface area (Å²) in [5.74, 6) is -0.0702. The molecular formula is C32H37N3O8S. The van der Waals surface area contributed by atoms with Crippen LogP contribution >= 0.6 is 0 Å². The number of nitrogens with one attached hydrogen (secondary N) is 1. The molecule has 2 aliphatic rings. The van der Waals surface area contributed by atoms with Gasteiger partial charge in [-0.3, -0.25) is 9.69 Å². The molecule has 3 aromatic carbocycles. The van der Waals surface area contributed by atoms with Gasteiger partial charge < -0.3 is 24.6 Å². The highest BCUT2D eigenvalue weighted by molar-refractivity contribution is 7.89. The van der Waals surface area contributed by atoms with Crippen LogP contribution in [0.25, 0.3) is 0 Å². The zero-order valence-electron chi connectivity index (χ0n) is 24.4. The molecular weight excluding hydrogens is 586 g/mol. The molecule has 2 fully saturated rings. The average molecular weight is 624 g/mol. The number of aliphatic hydroxyl groups is 1. The predicted molar refractivity (Wildman–Crippen MR) is 163 cm³/mol. The van der Waals surface area contributed by atoms with Gasteiger partial charge in [-0.2, -0.15) is 4.31 Å². The Balaban J connectivity index is 1.36. The molecule has 0 bridgehead atoms. The third-order valence-electron chi connectivity index (χ3n) is 7.78. The van der Waals surface area contributed by atoms with Crippen molar-refractivity contribution in [1.82, 2.24) is 9.62 Å². The van der Waals surface area contributed by atoms with Crippen LogP contribution in [0.5, 0.6) is 5.75 Å². The van der Waals surface area contributed by atoms with E-state index in [1.165, 1.54) is 28.4 Å². The summed E-state index contributed by atoms with van der Waals surface area (Å²) in [7, 11) is -2.56. The molecule has 4 atom stereocenters. The normalized spacial score (nSPS) is 19.9. The SMILES string of the molecule is COc1ccc(S(=O)(=O)N(C[C@H]2CCCO2)C[C@@H](O)[C@H](Cc2ccccc2)NC(=O)[C@@H]2CN(c3ccccc3)C(=O)O2)cc1. The summed E-state index contributed by atoms with van der Waals surface area (Å²) in [6.07, 6.45) is -1.66. The number of benzene rings is 3. The summed E-state index contributed by atoms with van der Waals surface area (Å²) < 4.78 is 45.2. The third kappa shape index (κ3) is 7.56. The van der Waals surface area contributed by atoms with Crippen LogP contribution in [0, 0.1) is 0 Å². The Morgan fingerprint density at radius 2 is 1.75 bits per heavy atom. The van der Waals surface area contributed by atoms with Crippen molar-refractivity contribution in [2.45, 2.75) is 48.5 Å². The van der Waals surface area contributed by atoms with Gasteiger partial charge in [-0.05, 0) is 61.2 Å². The third-order valence-corrected chi connectivity index (χ3v) is 9.63. The molecule has 2 amide bonds. The first-order valence-electron chi connectivity index (χ1n) is 14.6. The molecule has 0 saturated carbocycles. The lowest BCUT2D eigenvalue weighted by Gasteiger charge is -2.31. The fourth-order valence-corrected chi connectivity index (χ4v) is 6.85. The smallest absolute Gasteiger partial charge is 0.415 e. The fourth-order valence-electron chi connectivity index (χ4n) is 5.36. The van der Waals surface area contributed by atoms with Crippen molar-refractivity contribution in [2.24, 2.45) is 0 Å². The zero-order chi connectivity index (χ0) is 31.1. The van der Waals surface area contributed by atoms with Crippen molar-refractivity contribution in [3.8, 4) is 5.75 Å². The number of methoxy groups -OCH3 is 1. The molecule has 0 radical (unpaired) electrons. The number of ether oxygens (including phenoxy) is 3. The standard InChI is InChI=1S/C32H37N3O8S/c1-41-25-14-16-27(17-15-25)44(39,40)34(20-26-13-8-18-42-26)21-29(36)28(19-23-9-4-2-5-10-23)33-31(37)30-22-35(32(38)43-30)24-11-6-3-7-12-24/h2-7,9-12,14-17,26,28-30,36H,8,13,18-22H2,1H3,(H,33,37)/t26-,28+,29-,30+/m1/s1. The minimum absolute atomic E-state index is 0.000174. The molecule has 0 spiro atoms. The molecule has 0 aliphatic carbocycles. The molecule has 12 heteroatoms. The number of amides is 2. The van der Waals surface area contributed by atoms with Crippen LogP contribution < -0.4 is 15.0 Å². The maximum atomic E-state index is 13.8. The maximum Gasteiger partial charge on any atom is 0.415 e. The number of aliphatic hydroxyl groups excluding tert-OH is 1. The van der Waals surface area contributed by atoms with Gasteiger partial charge in [0.15, 0.2) is 6.10 Å². The van der Waals surface area contributed by atoms with Gasteiger partial charge >= 0.3 is 6.09 Å². The van der Waals surface area contributed by atoms with Crippen LogP contribution in [0.4, 0.5) is 10.5 Å². The average Bonchev–Trinajstić information content (AvgIpc) is 3.71. The van der Waals surface area contributed by atoms with E-state index in [0.717, 1.165) is 12.0 Å². The van der Waals surface area contributed by atoms with E-state index >= 15 is 0 Å². The molecule has 0 unspecified atom stereocenters. The summed E-state index contributed by atoms with van der Waals surface area (Å²) in [4.78, 5) is 27.4. The topological polar surface area (TPSA) is 135 Å². The molecule has 234 valence electrons. The molecule has 2 aliphatic heterocycles. The monoisotopic (exact) mass is 623 g/mol. The Morgan fingerprint density at radius 1 is 1.07 bits per heavy atom. The van der Waals surface area contributed by atoms with Gasteiger partial charge in [0, 0.05) is 25.4 Å². The number of carbonyl (C=O) groups excluding carboxylic acids is 2. The molecule has 44 heavy (non-hydrogen) atoms. The number of para-hydroxylation sites is 1. The van der Waals surface area contributed by atoms with Crippen LogP contribution in [-0.4, -0.2) is 87.5 Å². The number of nitrogens with zero attached hydrogens (tertiary/aromatic N) is 2. The van der Waals surface area contributed by atoms with Crippen molar-refractivity contribution >= 4 is 27.7 Å². The van der Waals surface area contributed by atoms with E-state index in [0.29, 0.717) is 24.5 Å². The van der Waals surface area contributed by atoms with Gasteiger partial charge in [-0.1, -0.05) is 48.5 Å². The molecule has 2 saturated heterocycles. The zero-order valence-corrected chi connectivity index (χ0v) is 25.3. The molecule has 3 aromatic rings. The number of hydrogen-bond donors (Lipinski definition) is 2. The van der Waals surface area contributed by atoms with Gasteiger partial charge in [-0.15, -0.1) is 0 Å². The number of rotatable bonds is 13. The fraction of sp³-hybridized carbons (Fsp3) is 0.375. The Labute approximate surface area is 257 Å². The number of anilines is 1. The first kappa shape index (κ1) is 31.5. The van der Waals surface area contributed by atoms with E-state index in [4.69, 9.17) is 14.2 Å². The summed E-state index contributed by atoms with van der Waals surface area (Å²) >= 11 is 0. The minimum atomic E-state index is -4.06. The second-order valence-electron chi connectivity index (χ2n) is 10.8. The van der Waals surface area contributed by atoms with Gasteiger partial charge in [0.25, 0.3) is 5.91 Å². The van der Waals surface area contributed by atoms with Crippen LogP contribution in [0.1, 0.15) is 18.4 Å². The first-order chi connectivity index (χ1) is 21.2. The Morgan fingerprint density at radius 3 is 2.39 bits per heavy atom. The van der Waals surface area contributed by atoms with Crippen molar-refractivity contribution in [3.05, 3.63) is 90.5 Å². The summed E-state index contributed by atoms with van der Waals surface area (Å²) in [5, 5.41) is 14.4. The van der Waals surface area contributed by atoms with Crippen LogP contribution in [-0.2, 0) is 30.7 Å². The summed E-state index contributed by atoms with van der Waals surface area (Å²) in [6.45, 7) is 0.284. The predicted octanol–water partition coefficient (Wildman–Crippen LogP) is 2.98. The summed E-state index contributed by atoms with van der Waals surface area (Å²) in [6, 6.07) is 23.3. The number of cyclic esters (lactones) is 1. The van der Waals surface area contributed by atoms with Crippen molar-refractivity contribution in [1.29, 1.82) is 0 Å². The van der Waals surface area contributed by atoms with Gasteiger partial charge in [0.1, 0.15) is 5.75 Å². The molecule has 0 aromatic heterocycles. The summed E-state index contributed by atoms with van der Waals surface area (Å²) in [5.41, 5.74) is 1.43. The quantitative estimate of drug-likeness (QED) is 0.297. The minimum Gasteiger partial charge on any atom is -0.497 e. The van der Waals surface area contributed by atoms with Crippen LogP contribution in [0.2, 0.25) is 0 Å². The van der Waals surface area contributed by atoms with Gasteiger partial charge in [-0.25, -0.2) is 13.2 Å². The Bertz CT molecular complexity index is 1500. The highest BCUT2D eigenvalue weighted by Crippen LogP contribution is 2.24. The van der Waals surface area contributed by atoms with Crippen molar-refractivity contribution in [2.75, 3.05) is 38.3 Å². The lowest BCUT2D eigenvalue weighted by atomic mass is 10.0. The number of carbonyl (C=O) groups is 2. The second kappa shape index (κ2) is 14.2. The first-order valence-corrected chi connectivity index (χ1v) is 16.0. The second-order valence-corrected chi connectivity index (χ2v) is 12.8. The highest BCUT2D eigenvalue weighted by atomic mass is 32.2. The van der Waals surface area contributed by atoms with Crippen molar-refractivity contribution in [3.63, 3.8) is 0 Å². The van der Waals surface area contributed by atoms with E-state index in [1.807, 2.05) is 36.4 Å². The number of hydrogen-bond acceptors (Lipinski definition) is 8. The maximum absolute atomic E-state index is 13.8. The van der Waals surface area contributed by atoms with E-state index in [-0.39, 0.29) is 37.1 Å². The Kier molecular flexibility index (Phi) is 10.2. The van der Waals surface area contributed by atoms with E-state index < -0.39 is 40.3 Å². The lowest BCUT2D eigenvalue weighted by molar-refractivity contribution is -0.129. The van der Waals surface area contributed by atoms with E-state index in [1.54, 1.807) is 36.4 Å². The molecule has 11 nitrogen and oxygen atoms in total. The van der Waals surface area contributed by atoms with Gasteiger partial charge in [0.2, 0.25) is 10.0 Å². The Hall–Kier alpha value is -3.97.